The molecule has 0 atom stereocenters. The van der Waals surface area contributed by atoms with E-state index in [-0.39, 0.29) is 5.91 Å². The van der Waals surface area contributed by atoms with Crippen molar-refractivity contribution < 1.29 is 19.0 Å². The summed E-state index contributed by atoms with van der Waals surface area (Å²) in [7, 11) is 3.18. The van der Waals surface area contributed by atoms with E-state index in [2.05, 4.69) is 10.3 Å². The summed E-state index contributed by atoms with van der Waals surface area (Å²) in [6.45, 7) is 2.49. The molecule has 1 aromatic heterocycles. The molecule has 0 saturated carbocycles. The molecule has 0 spiro atoms. The fraction of sp³-hybridized carbons (Fsp3) is 0.182. The second kappa shape index (κ2) is 9.75. The molecule has 2 aromatic carbocycles. The minimum atomic E-state index is -0.260. The van der Waals surface area contributed by atoms with Crippen LogP contribution in [0.15, 0.2) is 53.9 Å². The van der Waals surface area contributed by atoms with Crippen molar-refractivity contribution in [1.29, 1.82) is 0 Å². The second-order valence-electron chi connectivity index (χ2n) is 5.90. The van der Waals surface area contributed by atoms with Crippen LogP contribution in [-0.2, 0) is 4.79 Å². The highest BCUT2D eigenvalue weighted by Crippen LogP contribution is 2.33. The first-order chi connectivity index (χ1) is 14.1. The van der Waals surface area contributed by atoms with Gasteiger partial charge in [-0.2, -0.15) is 0 Å². The van der Waals surface area contributed by atoms with Crippen molar-refractivity contribution in [3.05, 3.63) is 59.5 Å². The fourth-order valence-electron chi connectivity index (χ4n) is 2.68. The zero-order valence-electron chi connectivity index (χ0n) is 16.5. The highest BCUT2D eigenvalue weighted by Gasteiger charge is 2.10. The van der Waals surface area contributed by atoms with Crippen molar-refractivity contribution in [1.82, 2.24) is 4.98 Å². The molecule has 7 heteroatoms. The average Bonchev–Trinajstić information content (AvgIpc) is 3.21. The van der Waals surface area contributed by atoms with Gasteiger partial charge < -0.3 is 14.2 Å². The molecule has 0 aliphatic carbocycles. The Morgan fingerprint density at radius 3 is 2.66 bits per heavy atom. The Morgan fingerprint density at radius 1 is 1.10 bits per heavy atom. The number of benzene rings is 2. The zero-order valence-corrected chi connectivity index (χ0v) is 17.3. The van der Waals surface area contributed by atoms with E-state index in [1.165, 1.54) is 17.4 Å². The van der Waals surface area contributed by atoms with Gasteiger partial charge in [-0.25, -0.2) is 4.98 Å². The Hall–Kier alpha value is -3.32. The minimum absolute atomic E-state index is 0.260. The van der Waals surface area contributed by atoms with Gasteiger partial charge in [-0.3, -0.25) is 10.1 Å². The Balaban J connectivity index is 1.69. The molecule has 0 unspecified atom stereocenters. The topological polar surface area (TPSA) is 69.7 Å². The van der Waals surface area contributed by atoms with Gasteiger partial charge in [-0.15, -0.1) is 11.3 Å². The van der Waals surface area contributed by atoms with E-state index in [1.807, 2.05) is 54.8 Å². The lowest BCUT2D eigenvalue weighted by Gasteiger charge is -2.08. The molecule has 3 aromatic rings. The van der Waals surface area contributed by atoms with E-state index < -0.39 is 0 Å². The molecule has 1 N–H and O–H groups in total. The number of hydrogen-bond acceptors (Lipinski definition) is 6. The largest absolute Gasteiger partial charge is 0.493 e. The summed E-state index contributed by atoms with van der Waals surface area (Å²) in [5.74, 6) is 1.76. The summed E-state index contributed by atoms with van der Waals surface area (Å²) in [6, 6.07) is 13.1. The summed E-state index contributed by atoms with van der Waals surface area (Å²) in [6.07, 6.45) is 3.19. The molecule has 3 rings (SSSR count). The predicted octanol–water partition coefficient (Wildman–Crippen LogP) is 4.88. The highest BCUT2D eigenvalue weighted by atomic mass is 32.1. The van der Waals surface area contributed by atoms with E-state index in [4.69, 9.17) is 14.2 Å². The van der Waals surface area contributed by atoms with Crippen molar-refractivity contribution in [2.75, 3.05) is 26.1 Å². The van der Waals surface area contributed by atoms with Gasteiger partial charge >= 0.3 is 0 Å². The molecule has 1 amide bonds. The van der Waals surface area contributed by atoms with Crippen LogP contribution in [0.2, 0.25) is 0 Å². The minimum Gasteiger partial charge on any atom is -0.493 e. The molecule has 0 bridgehead atoms. The number of anilines is 1. The number of methoxy groups -OCH3 is 2. The van der Waals surface area contributed by atoms with Crippen molar-refractivity contribution >= 4 is 28.5 Å². The Kier molecular flexibility index (Phi) is 6.86. The Bertz CT molecular complexity index is 1010. The molecule has 150 valence electrons. The van der Waals surface area contributed by atoms with Gasteiger partial charge in [0.15, 0.2) is 16.6 Å². The lowest BCUT2D eigenvalue weighted by molar-refractivity contribution is -0.111. The highest BCUT2D eigenvalue weighted by molar-refractivity contribution is 7.14. The zero-order chi connectivity index (χ0) is 20.6. The number of nitrogens with one attached hydrogen (secondary N) is 1. The van der Waals surface area contributed by atoms with E-state index in [1.54, 1.807) is 20.3 Å². The summed E-state index contributed by atoms with van der Waals surface area (Å²) in [4.78, 5) is 16.8. The quantitative estimate of drug-likeness (QED) is 0.536. The van der Waals surface area contributed by atoms with Crippen LogP contribution in [0.25, 0.3) is 17.3 Å². The molecule has 0 aliphatic heterocycles. The number of aromatic nitrogens is 1. The average molecular weight is 410 g/mol. The molecule has 6 nitrogen and oxygen atoms in total. The second-order valence-corrected chi connectivity index (χ2v) is 6.76. The smallest absolute Gasteiger partial charge is 0.250 e. The van der Waals surface area contributed by atoms with Crippen LogP contribution in [0, 0.1) is 0 Å². The van der Waals surface area contributed by atoms with Crippen molar-refractivity contribution in [2.24, 2.45) is 0 Å². The monoisotopic (exact) mass is 410 g/mol. The van der Waals surface area contributed by atoms with Gasteiger partial charge in [0.05, 0.1) is 26.5 Å². The number of amides is 1. The first-order valence-electron chi connectivity index (χ1n) is 9.03. The normalized spacial score (nSPS) is 10.7. The fourth-order valence-corrected chi connectivity index (χ4v) is 3.40. The van der Waals surface area contributed by atoms with Crippen LogP contribution < -0.4 is 19.5 Å². The first kappa shape index (κ1) is 20.4. The van der Waals surface area contributed by atoms with Crippen LogP contribution in [0.5, 0.6) is 17.2 Å². The number of carbonyl (C=O) groups is 1. The summed E-state index contributed by atoms with van der Waals surface area (Å²) in [5.41, 5.74) is 2.46. The lowest BCUT2D eigenvalue weighted by atomic mass is 10.1. The molecular formula is C22H22N2O4S. The van der Waals surface area contributed by atoms with Gasteiger partial charge in [0, 0.05) is 22.6 Å². The maximum atomic E-state index is 12.3. The Morgan fingerprint density at radius 2 is 1.90 bits per heavy atom. The molecule has 29 heavy (non-hydrogen) atoms. The van der Waals surface area contributed by atoms with Crippen LogP contribution in [-0.4, -0.2) is 31.7 Å². The molecule has 0 aliphatic rings. The third-order valence-corrected chi connectivity index (χ3v) is 4.80. The number of nitrogens with zero attached hydrogens (tertiary/aromatic N) is 1. The number of rotatable bonds is 8. The van der Waals surface area contributed by atoms with Crippen LogP contribution in [0.3, 0.4) is 0 Å². The third-order valence-electron chi connectivity index (χ3n) is 4.05. The third kappa shape index (κ3) is 5.14. The number of ether oxygens (including phenoxy) is 3. The SMILES string of the molecule is CCOc1ccccc1/C=C/C(=O)Nc1nc(-c2ccc(OC)c(OC)c2)cs1. The summed E-state index contributed by atoms with van der Waals surface area (Å²) in [5, 5.41) is 5.19. The molecule has 0 fully saturated rings. The van der Waals surface area contributed by atoms with Gasteiger partial charge in [-0.05, 0) is 37.3 Å². The molecular weight excluding hydrogens is 388 g/mol. The summed E-state index contributed by atoms with van der Waals surface area (Å²) < 4.78 is 16.2. The lowest BCUT2D eigenvalue weighted by Crippen LogP contribution is -2.07. The maximum Gasteiger partial charge on any atom is 0.250 e. The number of carbonyl (C=O) groups excluding carboxylic acids is 1. The number of hydrogen-bond donors (Lipinski definition) is 1. The van der Waals surface area contributed by atoms with Crippen LogP contribution in [0.4, 0.5) is 5.13 Å². The molecule has 0 saturated heterocycles. The van der Waals surface area contributed by atoms with Crippen LogP contribution >= 0.6 is 11.3 Å². The van der Waals surface area contributed by atoms with Crippen LogP contribution in [0.1, 0.15) is 12.5 Å². The van der Waals surface area contributed by atoms with Gasteiger partial charge in [0.2, 0.25) is 5.91 Å². The Labute approximate surface area is 173 Å². The van der Waals surface area contributed by atoms with Gasteiger partial charge in [0.1, 0.15) is 5.75 Å². The molecule has 1 heterocycles. The molecule has 0 radical (unpaired) electrons. The van der Waals surface area contributed by atoms with Gasteiger partial charge in [0.25, 0.3) is 0 Å². The van der Waals surface area contributed by atoms with E-state index in [0.717, 1.165) is 22.6 Å². The van der Waals surface area contributed by atoms with Gasteiger partial charge in [-0.1, -0.05) is 18.2 Å². The van der Waals surface area contributed by atoms with Crippen molar-refractivity contribution in [3.63, 3.8) is 0 Å². The standard InChI is InChI=1S/C22H22N2O4S/c1-4-28-18-8-6-5-7-15(18)10-12-21(25)24-22-23-17(14-29-22)16-9-11-19(26-2)20(13-16)27-3/h5-14H,4H2,1-3H3,(H,23,24,25)/b12-10+. The maximum absolute atomic E-state index is 12.3. The van der Waals surface area contributed by atoms with Crippen molar-refractivity contribution in [2.45, 2.75) is 6.92 Å². The van der Waals surface area contributed by atoms with E-state index in [9.17, 15) is 4.79 Å². The predicted molar refractivity (Wildman–Crippen MR) is 116 cm³/mol. The van der Waals surface area contributed by atoms with Crippen molar-refractivity contribution in [3.8, 4) is 28.5 Å². The van der Waals surface area contributed by atoms with E-state index in [0.29, 0.717) is 23.2 Å². The summed E-state index contributed by atoms with van der Waals surface area (Å²) >= 11 is 1.36. The van der Waals surface area contributed by atoms with E-state index >= 15 is 0 Å². The first-order valence-corrected chi connectivity index (χ1v) is 9.91. The number of thiazole rings is 1. The number of para-hydroxylation sites is 1.